The molecule has 0 aliphatic carbocycles. The summed E-state index contributed by atoms with van der Waals surface area (Å²) >= 11 is 0. The minimum absolute atomic E-state index is 0.197. The van der Waals surface area contributed by atoms with Crippen LogP contribution in [-0.4, -0.2) is 29.7 Å². The number of carbonyl (C=O) groups excluding carboxylic acids is 3. The summed E-state index contributed by atoms with van der Waals surface area (Å²) in [6, 6.07) is 16.9. The van der Waals surface area contributed by atoms with Crippen molar-refractivity contribution in [2.45, 2.75) is 18.9 Å². The molecular weight excluding hydrogens is 360 g/mol. The lowest BCUT2D eigenvalue weighted by atomic mass is 10.1. The lowest BCUT2D eigenvalue weighted by Crippen LogP contribution is -2.53. The van der Waals surface area contributed by atoms with Crippen LogP contribution in [0.1, 0.15) is 12.0 Å². The molecule has 0 fully saturated rings. The molecule has 9 nitrogen and oxygen atoms in total. The molecule has 1 atom stereocenters. The maximum Gasteiger partial charge on any atom is 0.337 e. The molecule has 0 saturated carbocycles. The second-order valence-electron chi connectivity index (χ2n) is 6.07. The number of hydrogen-bond donors (Lipinski definition) is 5. The molecular formula is C19H20N6O3. The van der Waals surface area contributed by atoms with E-state index in [1.54, 1.807) is 24.3 Å². The number of hydrogen-bond acceptors (Lipinski definition) is 5. The standard InChI is InChI=1S/C19H20N6O3/c26-17(23-25-19(28)20-14-9-5-2-6-10-14)12-15-18(27)24-22-16(21-15)11-13-7-3-1-4-8-13/h1-10,15H,11-12H2,(H,21,22)(H,23,26)(H,24,27)(H2,20,25,28)/t15-/m1/s1. The lowest BCUT2D eigenvalue weighted by Gasteiger charge is -2.22. The van der Waals surface area contributed by atoms with E-state index in [1.807, 2.05) is 36.4 Å². The van der Waals surface area contributed by atoms with Crippen LogP contribution in [0.4, 0.5) is 10.5 Å². The fraction of sp³-hybridized carbons (Fsp3) is 0.158. The molecule has 28 heavy (non-hydrogen) atoms. The van der Waals surface area contributed by atoms with E-state index in [9.17, 15) is 14.4 Å². The third-order valence-electron chi connectivity index (χ3n) is 3.88. The van der Waals surface area contributed by atoms with Crippen LogP contribution in [0.3, 0.4) is 0 Å². The fourth-order valence-electron chi connectivity index (χ4n) is 2.55. The number of urea groups is 1. The first-order valence-corrected chi connectivity index (χ1v) is 8.67. The lowest BCUT2D eigenvalue weighted by molar-refractivity contribution is -0.128. The zero-order valence-corrected chi connectivity index (χ0v) is 14.9. The molecule has 5 N–H and O–H groups in total. The monoisotopic (exact) mass is 380 g/mol. The Kier molecular flexibility index (Phi) is 6.19. The Morgan fingerprint density at radius 1 is 0.929 bits per heavy atom. The first-order chi connectivity index (χ1) is 13.6. The van der Waals surface area contributed by atoms with Crippen molar-refractivity contribution in [3.63, 3.8) is 0 Å². The molecule has 0 spiro atoms. The predicted octanol–water partition coefficient (Wildman–Crippen LogP) is 0.874. The van der Waals surface area contributed by atoms with Gasteiger partial charge < -0.3 is 5.32 Å². The van der Waals surface area contributed by atoms with E-state index in [2.05, 4.69) is 32.0 Å². The van der Waals surface area contributed by atoms with Crippen molar-refractivity contribution in [2.75, 3.05) is 5.32 Å². The molecule has 0 radical (unpaired) electrons. The van der Waals surface area contributed by atoms with Crippen LogP contribution in [0.25, 0.3) is 0 Å². The summed E-state index contributed by atoms with van der Waals surface area (Å²) in [6.07, 6.45) is 0.300. The van der Waals surface area contributed by atoms with E-state index < -0.39 is 23.9 Å². The molecule has 1 aliphatic heterocycles. The van der Waals surface area contributed by atoms with Gasteiger partial charge in [0.25, 0.3) is 5.91 Å². The molecule has 1 heterocycles. The van der Waals surface area contributed by atoms with Crippen molar-refractivity contribution < 1.29 is 14.4 Å². The van der Waals surface area contributed by atoms with E-state index in [0.717, 1.165) is 5.56 Å². The van der Waals surface area contributed by atoms with Gasteiger partial charge in [0.2, 0.25) is 5.91 Å². The van der Waals surface area contributed by atoms with Gasteiger partial charge in [0, 0.05) is 12.1 Å². The van der Waals surface area contributed by atoms with Gasteiger partial charge in [-0.2, -0.15) is 0 Å². The summed E-state index contributed by atoms with van der Waals surface area (Å²) in [7, 11) is 0. The average Bonchev–Trinajstić information content (AvgIpc) is 2.70. The number of benzene rings is 2. The molecule has 9 heteroatoms. The highest BCUT2D eigenvalue weighted by atomic mass is 16.2. The van der Waals surface area contributed by atoms with Gasteiger partial charge in [0.1, 0.15) is 11.9 Å². The Bertz CT molecular complexity index is 870. The summed E-state index contributed by atoms with van der Waals surface area (Å²) in [5.74, 6) is -0.396. The molecule has 0 unspecified atom stereocenters. The van der Waals surface area contributed by atoms with Crippen molar-refractivity contribution in [3.8, 4) is 0 Å². The second-order valence-corrected chi connectivity index (χ2v) is 6.07. The number of nitrogens with one attached hydrogen (secondary N) is 5. The number of aliphatic imine (C=N–C) groups is 1. The number of amidine groups is 1. The molecule has 1 aliphatic rings. The third-order valence-corrected chi connectivity index (χ3v) is 3.88. The number of para-hydroxylation sites is 1. The number of anilines is 1. The second kappa shape index (κ2) is 9.17. The maximum atomic E-state index is 12.1. The third kappa shape index (κ3) is 5.56. The topological polar surface area (TPSA) is 124 Å². The highest BCUT2D eigenvalue weighted by molar-refractivity contribution is 5.97. The number of rotatable bonds is 5. The number of amides is 4. The van der Waals surface area contributed by atoms with Crippen LogP contribution in [0.5, 0.6) is 0 Å². The SMILES string of the molecule is O=C(C[C@H]1N=C(Cc2ccccc2)NNC1=O)NNC(=O)Nc1ccccc1. The Hall–Kier alpha value is -3.88. The van der Waals surface area contributed by atoms with Gasteiger partial charge in [-0.1, -0.05) is 48.5 Å². The van der Waals surface area contributed by atoms with Crippen molar-refractivity contribution in [1.29, 1.82) is 0 Å². The van der Waals surface area contributed by atoms with Crippen molar-refractivity contribution >= 4 is 29.4 Å². The van der Waals surface area contributed by atoms with Crippen LogP contribution < -0.4 is 27.0 Å². The molecule has 0 bridgehead atoms. The minimum atomic E-state index is -0.876. The minimum Gasteiger partial charge on any atom is -0.307 e. The Labute approximate surface area is 161 Å². The Morgan fingerprint density at radius 3 is 2.32 bits per heavy atom. The summed E-state index contributed by atoms with van der Waals surface area (Å²) in [4.78, 5) is 40.1. The molecule has 144 valence electrons. The molecule has 2 aromatic rings. The van der Waals surface area contributed by atoms with Crippen LogP contribution in [0, 0.1) is 0 Å². The Morgan fingerprint density at radius 2 is 1.61 bits per heavy atom. The summed E-state index contributed by atoms with van der Waals surface area (Å²) < 4.78 is 0. The quantitative estimate of drug-likeness (QED) is 0.494. The van der Waals surface area contributed by atoms with Gasteiger partial charge in [-0.05, 0) is 17.7 Å². The van der Waals surface area contributed by atoms with Crippen molar-refractivity contribution in [3.05, 3.63) is 66.2 Å². The Balaban J connectivity index is 1.49. The van der Waals surface area contributed by atoms with E-state index in [4.69, 9.17) is 0 Å². The number of nitrogens with zero attached hydrogens (tertiary/aromatic N) is 1. The van der Waals surface area contributed by atoms with Gasteiger partial charge >= 0.3 is 6.03 Å². The highest BCUT2D eigenvalue weighted by Crippen LogP contribution is 2.07. The van der Waals surface area contributed by atoms with Crippen LogP contribution >= 0.6 is 0 Å². The van der Waals surface area contributed by atoms with Crippen LogP contribution in [-0.2, 0) is 16.0 Å². The first-order valence-electron chi connectivity index (χ1n) is 8.67. The molecule has 0 aromatic heterocycles. The maximum absolute atomic E-state index is 12.1. The van der Waals surface area contributed by atoms with Gasteiger partial charge in [-0.15, -0.1) is 0 Å². The molecule has 3 rings (SSSR count). The first kappa shape index (κ1) is 18.9. The molecule has 4 amide bonds. The smallest absolute Gasteiger partial charge is 0.307 e. The zero-order valence-electron chi connectivity index (χ0n) is 14.9. The molecule has 0 saturated heterocycles. The van der Waals surface area contributed by atoms with E-state index >= 15 is 0 Å². The number of hydrazine groups is 2. The van der Waals surface area contributed by atoms with E-state index in [-0.39, 0.29) is 6.42 Å². The van der Waals surface area contributed by atoms with Gasteiger partial charge in [0.05, 0.1) is 6.42 Å². The summed E-state index contributed by atoms with van der Waals surface area (Å²) in [5, 5.41) is 2.56. The largest absolute Gasteiger partial charge is 0.337 e. The highest BCUT2D eigenvalue weighted by Gasteiger charge is 2.25. The van der Waals surface area contributed by atoms with E-state index in [1.165, 1.54) is 0 Å². The predicted molar refractivity (Wildman–Crippen MR) is 104 cm³/mol. The van der Waals surface area contributed by atoms with Crippen molar-refractivity contribution in [2.24, 2.45) is 4.99 Å². The van der Waals surface area contributed by atoms with Crippen molar-refractivity contribution in [1.82, 2.24) is 21.7 Å². The molecule has 2 aromatic carbocycles. The van der Waals surface area contributed by atoms with Crippen LogP contribution in [0.2, 0.25) is 0 Å². The van der Waals surface area contributed by atoms with Gasteiger partial charge in [0.15, 0.2) is 0 Å². The normalized spacial score (nSPS) is 15.5. The van der Waals surface area contributed by atoms with E-state index in [0.29, 0.717) is 17.9 Å². The summed E-state index contributed by atoms with van der Waals surface area (Å²) in [6.45, 7) is 0. The van der Waals surface area contributed by atoms with Crippen LogP contribution in [0.15, 0.2) is 65.7 Å². The summed E-state index contributed by atoms with van der Waals surface area (Å²) in [5.41, 5.74) is 11.4. The number of carbonyl (C=O) groups is 3. The average molecular weight is 380 g/mol. The fourth-order valence-corrected chi connectivity index (χ4v) is 2.55. The van der Waals surface area contributed by atoms with Gasteiger partial charge in [-0.25, -0.2) is 10.2 Å². The zero-order chi connectivity index (χ0) is 19.8. The van der Waals surface area contributed by atoms with Gasteiger partial charge in [-0.3, -0.25) is 30.9 Å².